The highest BCUT2D eigenvalue weighted by Gasteiger charge is 2.01. The van der Waals surface area contributed by atoms with Crippen molar-refractivity contribution in [1.29, 1.82) is 0 Å². The van der Waals surface area contributed by atoms with Crippen molar-refractivity contribution in [1.82, 2.24) is 9.94 Å². The van der Waals surface area contributed by atoms with Crippen molar-refractivity contribution in [2.24, 2.45) is 0 Å². The zero-order chi connectivity index (χ0) is 9.97. The van der Waals surface area contributed by atoms with E-state index in [2.05, 4.69) is 5.10 Å². The molecule has 0 aliphatic rings. The molecule has 5 heteroatoms. The zero-order valence-corrected chi connectivity index (χ0v) is 8.53. The first kappa shape index (κ1) is 9.37. The van der Waals surface area contributed by atoms with Crippen LogP contribution in [-0.2, 0) is 0 Å². The first-order chi connectivity index (χ1) is 6.75. The molecule has 0 saturated heterocycles. The van der Waals surface area contributed by atoms with E-state index in [1.807, 2.05) is 0 Å². The van der Waals surface area contributed by atoms with E-state index in [1.165, 1.54) is 4.85 Å². The molecule has 0 atom stereocenters. The lowest BCUT2D eigenvalue weighted by Gasteiger charge is -2.04. The predicted molar refractivity (Wildman–Crippen MR) is 54.7 cm³/mol. The second-order valence-corrected chi connectivity index (χ2v) is 3.39. The lowest BCUT2D eigenvalue weighted by molar-refractivity contribution is 0.179. The summed E-state index contributed by atoms with van der Waals surface area (Å²) in [5, 5.41) is 4.84. The Bertz CT molecular complexity index is 428. The summed E-state index contributed by atoms with van der Waals surface area (Å²) in [6.45, 7) is 0. The largest absolute Gasteiger partial charge is 0.358 e. The van der Waals surface area contributed by atoms with Gasteiger partial charge < -0.3 is 4.84 Å². The van der Waals surface area contributed by atoms with Gasteiger partial charge in [0.05, 0.1) is 22.4 Å². The van der Waals surface area contributed by atoms with Crippen molar-refractivity contribution < 1.29 is 4.84 Å². The third kappa shape index (κ3) is 2.00. The molecule has 2 rings (SSSR count). The Balaban J connectivity index is 2.22. The second kappa shape index (κ2) is 3.90. The average Bonchev–Trinajstić information content (AvgIpc) is 2.64. The number of hydrogen-bond acceptors (Lipinski definition) is 2. The van der Waals surface area contributed by atoms with Crippen LogP contribution in [0.1, 0.15) is 0 Å². The van der Waals surface area contributed by atoms with E-state index in [0.29, 0.717) is 15.8 Å². The van der Waals surface area contributed by atoms with Crippen molar-refractivity contribution in [3.05, 3.63) is 46.7 Å². The molecule has 0 aliphatic carbocycles. The monoisotopic (exact) mass is 228 g/mol. The number of aromatic nitrogens is 2. The van der Waals surface area contributed by atoms with Gasteiger partial charge in [-0.1, -0.05) is 23.2 Å². The standard InChI is InChI=1S/C9H6Cl2N2O/c10-8-3-2-7(6-9(8)11)14-13-5-1-4-12-13/h1-6H. The van der Waals surface area contributed by atoms with Gasteiger partial charge in [-0.3, -0.25) is 0 Å². The van der Waals surface area contributed by atoms with E-state index in [4.69, 9.17) is 28.0 Å². The summed E-state index contributed by atoms with van der Waals surface area (Å²) in [7, 11) is 0. The van der Waals surface area contributed by atoms with Crippen molar-refractivity contribution >= 4 is 23.2 Å². The number of benzene rings is 1. The molecule has 0 spiro atoms. The molecule has 0 N–H and O–H groups in total. The van der Waals surface area contributed by atoms with Crippen LogP contribution in [0.15, 0.2) is 36.7 Å². The van der Waals surface area contributed by atoms with E-state index >= 15 is 0 Å². The molecule has 2 aromatic rings. The van der Waals surface area contributed by atoms with Crippen molar-refractivity contribution in [3.8, 4) is 5.75 Å². The fraction of sp³-hybridized carbons (Fsp3) is 0. The molecule has 1 aromatic heterocycles. The van der Waals surface area contributed by atoms with Gasteiger partial charge in [-0.25, -0.2) is 0 Å². The minimum Gasteiger partial charge on any atom is -0.358 e. The van der Waals surface area contributed by atoms with E-state index in [1.54, 1.807) is 36.7 Å². The molecule has 3 nitrogen and oxygen atoms in total. The van der Waals surface area contributed by atoms with Gasteiger partial charge in [0.1, 0.15) is 0 Å². The molecule has 0 unspecified atom stereocenters. The van der Waals surface area contributed by atoms with Crippen LogP contribution in [0.2, 0.25) is 10.0 Å². The summed E-state index contributed by atoms with van der Waals surface area (Å²) in [6, 6.07) is 6.78. The van der Waals surface area contributed by atoms with Gasteiger partial charge in [0, 0.05) is 6.07 Å². The first-order valence-corrected chi connectivity index (χ1v) is 4.64. The Labute approximate surface area is 90.8 Å². The highest BCUT2D eigenvalue weighted by molar-refractivity contribution is 6.42. The van der Waals surface area contributed by atoms with E-state index in [9.17, 15) is 0 Å². The molecule has 0 amide bonds. The lowest BCUT2D eigenvalue weighted by Crippen LogP contribution is -2.04. The average molecular weight is 229 g/mol. The summed E-state index contributed by atoms with van der Waals surface area (Å²) < 4.78 is 0. The van der Waals surface area contributed by atoms with Crippen LogP contribution in [0.25, 0.3) is 0 Å². The quantitative estimate of drug-likeness (QED) is 0.791. The summed E-state index contributed by atoms with van der Waals surface area (Å²) in [5.74, 6) is 0.586. The van der Waals surface area contributed by atoms with Crippen LogP contribution in [0, 0.1) is 0 Å². The Hall–Kier alpha value is -1.19. The van der Waals surface area contributed by atoms with E-state index < -0.39 is 0 Å². The number of hydrogen-bond donors (Lipinski definition) is 0. The minimum atomic E-state index is 0.455. The maximum absolute atomic E-state index is 5.81. The van der Waals surface area contributed by atoms with E-state index in [-0.39, 0.29) is 0 Å². The third-order valence-corrected chi connectivity index (χ3v) is 2.31. The fourth-order valence-corrected chi connectivity index (χ4v) is 1.24. The van der Waals surface area contributed by atoms with Crippen LogP contribution in [-0.4, -0.2) is 9.94 Å². The Morgan fingerprint density at radius 2 is 2.07 bits per heavy atom. The predicted octanol–water partition coefficient (Wildman–Crippen LogP) is 3.03. The van der Waals surface area contributed by atoms with Gasteiger partial charge in [0.15, 0.2) is 5.75 Å². The van der Waals surface area contributed by atoms with Crippen molar-refractivity contribution in [2.45, 2.75) is 0 Å². The molecule has 0 fully saturated rings. The van der Waals surface area contributed by atoms with Gasteiger partial charge in [0.25, 0.3) is 0 Å². The molecule has 1 aromatic carbocycles. The lowest BCUT2D eigenvalue weighted by atomic mass is 10.3. The van der Waals surface area contributed by atoms with Crippen LogP contribution in [0.4, 0.5) is 0 Å². The molecule has 0 bridgehead atoms. The molecule has 1 heterocycles. The van der Waals surface area contributed by atoms with Crippen molar-refractivity contribution in [2.75, 3.05) is 0 Å². The highest BCUT2D eigenvalue weighted by atomic mass is 35.5. The second-order valence-electron chi connectivity index (χ2n) is 2.58. The van der Waals surface area contributed by atoms with Crippen LogP contribution in [0.3, 0.4) is 0 Å². The Kier molecular flexibility index (Phi) is 2.61. The molecular weight excluding hydrogens is 223 g/mol. The molecule has 0 aliphatic heterocycles. The maximum Gasteiger partial charge on any atom is 0.159 e. The van der Waals surface area contributed by atoms with Crippen molar-refractivity contribution in [3.63, 3.8) is 0 Å². The summed E-state index contributed by atoms with van der Waals surface area (Å²) in [5.41, 5.74) is 0. The van der Waals surface area contributed by atoms with E-state index in [0.717, 1.165) is 0 Å². The topological polar surface area (TPSA) is 27.1 Å². The molecule has 72 valence electrons. The number of halogens is 2. The Morgan fingerprint density at radius 1 is 1.21 bits per heavy atom. The molecule has 14 heavy (non-hydrogen) atoms. The summed E-state index contributed by atoms with van der Waals surface area (Å²) >= 11 is 11.6. The highest BCUT2D eigenvalue weighted by Crippen LogP contribution is 2.26. The maximum atomic E-state index is 5.81. The van der Waals surface area contributed by atoms with Gasteiger partial charge >= 0.3 is 0 Å². The summed E-state index contributed by atoms with van der Waals surface area (Å²) in [6.07, 6.45) is 3.31. The molecular formula is C9H6Cl2N2O. The SMILES string of the molecule is Clc1ccc(On2cccn2)cc1Cl. The van der Waals surface area contributed by atoms with Gasteiger partial charge in [-0.15, -0.1) is 9.94 Å². The normalized spacial score (nSPS) is 10.1. The van der Waals surface area contributed by atoms with Crippen LogP contribution >= 0.6 is 23.2 Å². The van der Waals surface area contributed by atoms with Crippen LogP contribution in [0.5, 0.6) is 5.75 Å². The molecule has 0 radical (unpaired) electrons. The summed E-state index contributed by atoms with van der Waals surface area (Å²) in [4.78, 5) is 6.65. The van der Waals surface area contributed by atoms with Gasteiger partial charge in [0.2, 0.25) is 0 Å². The number of nitrogens with zero attached hydrogens (tertiary/aromatic N) is 2. The fourth-order valence-electron chi connectivity index (χ4n) is 0.950. The van der Waals surface area contributed by atoms with Crippen LogP contribution < -0.4 is 4.84 Å². The third-order valence-electron chi connectivity index (χ3n) is 1.57. The first-order valence-electron chi connectivity index (χ1n) is 3.89. The Morgan fingerprint density at radius 3 is 2.71 bits per heavy atom. The smallest absolute Gasteiger partial charge is 0.159 e. The zero-order valence-electron chi connectivity index (χ0n) is 7.02. The minimum absolute atomic E-state index is 0.455. The molecule has 0 saturated carbocycles. The van der Waals surface area contributed by atoms with Gasteiger partial charge in [-0.2, -0.15) is 0 Å². The number of rotatable bonds is 2. The van der Waals surface area contributed by atoms with Gasteiger partial charge in [-0.05, 0) is 18.2 Å².